The molecule has 0 unspecified atom stereocenters. The number of ether oxygens (including phenoxy) is 3. The number of unbranched alkanes of at least 4 members (excludes halogenated alkanes) is 1. The third-order valence-electron chi connectivity index (χ3n) is 4.17. The standard InChI is InChI=1S/C20H27NO5/c1-5-6-11-24-19(22)14(4)26-20(23)16-9-7-15(8-10-16)18-21-17(12-25-18)13(2)3/h7-10,13-14,17H,5-6,11-12H2,1-4H3/t14-,17+/m0/s1. The molecule has 0 saturated heterocycles. The number of hydrogen-bond donors (Lipinski definition) is 0. The number of rotatable bonds is 8. The minimum atomic E-state index is -0.937. The van der Waals surface area contributed by atoms with E-state index >= 15 is 0 Å². The molecule has 6 nitrogen and oxygen atoms in total. The van der Waals surface area contributed by atoms with Crippen molar-refractivity contribution in [2.45, 2.75) is 52.7 Å². The van der Waals surface area contributed by atoms with E-state index in [1.165, 1.54) is 6.92 Å². The lowest BCUT2D eigenvalue weighted by atomic mass is 10.1. The number of nitrogens with zero attached hydrogens (tertiary/aromatic N) is 1. The molecule has 0 aromatic heterocycles. The molecule has 0 N–H and O–H groups in total. The van der Waals surface area contributed by atoms with Crippen LogP contribution in [-0.2, 0) is 19.0 Å². The number of esters is 2. The van der Waals surface area contributed by atoms with E-state index < -0.39 is 18.0 Å². The van der Waals surface area contributed by atoms with Gasteiger partial charge in [-0.2, -0.15) is 0 Å². The third kappa shape index (κ3) is 5.31. The van der Waals surface area contributed by atoms with Gasteiger partial charge in [0, 0.05) is 5.56 Å². The Balaban J connectivity index is 1.92. The minimum absolute atomic E-state index is 0.161. The highest BCUT2D eigenvalue weighted by atomic mass is 16.6. The molecule has 0 bridgehead atoms. The summed E-state index contributed by atoms with van der Waals surface area (Å²) in [5, 5.41) is 0. The molecule has 0 spiro atoms. The smallest absolute Gasteiger partial charge is 0.347 e. The first kappa shape index (κ1) is 19.9. The van der Waals surface area contributed by atoms with Gasteiger partial charge in [0.05, 0.1) is 18.2 Å². The Kier molecular flexibility index (Phi) is 7.18. The van der Waals surface area contributed by atoms with Gasteiger partial charge < -0.3 is 14.2 Å². The van der Waals surface area contributed by atoms with E-state index in [9.17, 15) is 9.59 Å². The van der Waals surface area contributed by atoms with Crippen LogP contribution in [0.15, 0.2) is 29.3 Å². The van der Waals surface area contributed by atoms with Crippen molar-refractivity contribution in [2.24, 2.45) is 10.9 Å². The van der Waals surface area contributed by atoms with Crippen molar-refractivity contribution < 1.29 is 23.8 Å². The molecule has 0 saturated carbocycles. The Bertz CT molecular complexity index is 651. The molecule has 2 atom stereocenters. The molecule has 2 rings (SSSR count). The second-order valence-electron chi connectivity index (χ2n) is 6.70. The summed E-state index contributed by atoms with van der Waals surface area (Å²) in [5.41, 5.74) is 1.18. The third-order valence-corrected chi connectivity index (χ3v) is 4.17. The van der Waals surface area contributed by atoms with Gasteiger partial charge in [-0.05, 0) is 43.5 Å². The Morgan fingerprint density at radius 1 is 1.23 bits per heavy atom. The van der Waals surface area contributed by atoms with E-state index in [0.717, 1.165) is 18.4 Å². The number of carbonyl (C=O) groups is 2. The highest BCUT2D eigenvalue weighted by molar-refractivity contribution is 5.97. The second kappa shape index (κ2) is 9.36. The topological polar surface area (TPSA) is 74.2 Å². The highest BCUT2D eigenvalue weighted by Crippen LogP contribution is 2.18. The molecule has 0 aliphatic carbocycles. The Labute approximate surface area is 154 Å². The fourth-order valence-corrected chi connectivity index (χ4v) is 2.35. The predicted molar refractivity (Wildman–Crippen MR) is 98.3 cm³/mol. The quantitative estimate of drug-likeness (QED) is 0.524. The molecule has 1 aliphatic rings. The number of aliphatic imine (C=N–C) groups is 1. The molecule has 0 radical (unpaired) electrons. The van der Waals surface area contributed by atoms with E-state index in [0.29, 0.717) is 30.6 Å². The number of hydrogen-bond acceptors (Lipinski definition) is 6. The first-order valence-electron chi connectivity index (χ1n) is 9.11. The van der Waals surface area contributed by atoms with Crippen LogP contribution in [0.4, 0.5) is 0 Å². The number of benzene rings is 1. The monoisotopic (exact) mass is 361 g/mol. The first-order valence-corrected chi connectivity index (χ1v) is 9.11. The van der Waals surface area contributed by atoms with Crippen LogP contribution >= 0.6 is 0 Å². The molecule has 0 fully saturated rings. The summed E-state index contributed by atoms with van der Waals surface area (Å²) >= 11 is 0. The van der Waals surface area contributed by atoms with Crippen LogP contribution in [0.5, 0.6) is 0 Å². The maximum absolute atomic E-state index is 12.2. The Hall–Kier alpha value is -2.37. The molecule has 1 heterocycles. The van der Waals surface area contributed by atoms with Gasteiger partial charge in [0.2, 0.25) is 5.90 Å². The summed E-state index contributed by atoms with van der Waals surface area (Å²) in [6.45, 7) is 8.64. The molecular formula is C20H27NO5. The van der Waals surface area contributed by atoms with Gasteiger partial charge in [0.25, 0.3) is 0 Å². The van der Waals surface area contributed by atoms with Gasteiger partial charge in [-0.3, -0.25) is 0 Å². The minimum Gasteiger partial charge on any atom is -0.475 e. The summed E-state index contributed by atoms with van der Waals surface area (Å²) in [7, 11) is 0. The molecular weight excluding hydrogens is 334 g/mol. The van der Waals surface area contributed by atoms with Crippen molar-refractivity contribution in [2.75, 3.05) is 13.2 Å². The molecule has 1 aromatic rings. The lowest BCUT2D eigenvalue weighted by molar-refractivity contribution is -0.153. The zero-order valence-corrected chi connectivity index (χ0v) is 15.9. The van der Waals surface area contributed by atoms with E-state index in [1.807, 2.05) is 6.92 Å². The largest absolute Gasteiger partial charge is 0.475 e. The van der Waals surface area contributed by atoms with Crippen LogP contribution in [0.3, 0.4) is 0 Å². The van der Waals surface area contributed by atoms with Gasteiger partial charge in [-0.25, -0.2) is 14.6 Å². The normalized spacial score (nSPS) is 17.4. The fourth-order valence-electron chi connectivity index (χ4n) is 2.35. The highest BCUT2D eigenvalue weighted by Gasteiger charge is 2.23. The zero-order valence-electron chi connectivity index (χ0n) is 15.9. The lowest BCUT2D eigenvalue weighted by Gasteiger charge is -2.12. The molecule has 1 aromatic carbocycles. The van der Waals surface area contributed by atoms with Crippen LogP contribution < -0.4 is 0 Å². The molecule has 0 amide bonds. The molecule has 26 heavy (non-hydrogen) atoms. The predicted octanol–water partition coefficient (Wildman–Crippen LogP) is 3.38. The van der Waals surface area contributed by atoms with E-state index in [-0.39, 0.29) is 6.04 Å². The summed E-state index contributed by atoms with van der Waals surface area (Å²) in [4.78, 5) is 28.5. The van der Waals surface area contributed by atoms with Gasteiger partial charge >= 0.3 is 11.9 Å². The van der Waals surface area contributed by atoms with Crippen molar-refractivity contribution in [3.05, 3.63) is 35.4 Å². The van der Waals surface area contributed by atoms with Gasteiger partial charge in [-0.15, -0.1) is 0 Å². The Morgan fingerprint density at radius 3 is 2.50 bits per heavy atom. The van der Waals surface area contributed by atoms with Crippen LogP contribution in [0.2, 0.25) is 0 Å². The van der Waals surface area contributed by atoms with E-state index in [1.54, 1.807) is 24.3 Å². The first-order chi connectivity index (χ1) is 12.4. The molecule has 6 heteroatoms. The summed E-state index contributed by atoms with van der Waals surface area (Å²) < 4.78 is 15.8. The van der Waals surface area contributed by atoms with E-state index in [2.05, 4.69) is 18.8 Å². The average molecular weight is 361 g/mol. The van der Waals surface area contributed by atoms with Crippen molar-refractivity contribution in [1.29, 1.82) is 0 Å². The summed E-state index contributed by atoms with van der Waals surface area (Å²) in [6.07, 6.45) is 0.784. The van der Waals surface area contributed by atoms with Crippen molar-refractivity contribution >= 4 is 17.8 Å². The van der Waals surface area contributed by atoms with Gasteiger partial charge in [0.1, 0.15) is 6.61 Å². The summed E-state index contributed by atoms with van der Waals surface area (Å²) in [6, 6.07) is 6.97. The number of carbonyl (C=O) groups excluding carboxylic acids is 2. The van der Waals surface area contributed by atoms with Gasteiger partial charge in [-0.1, -0.05) is 27.2 Å². The summed E-state index contributed by atoms with van der Waals surface area (Å²) in [5.74, 6) is -0.0838. The fraction of sp³-hybridized carbons (Fsp3) is 0.550. The van der Waals surface area contributed by atoms with Crippen LogP contribution in [0.1, 0.15) is 56.5 Å². The Morgan fingerprint density at radius 2 is 1.92 bits per heavy atom. The van der Waals surface area contributed by atoms with Crippen molar-refractivity contribution in [3.63, 3.8) is 0 Å². The molecule has 142 valence electrons. The SMILES string of the molecule is CCCCOC(=O)[C@H](C)OC(=O)c1ccc(C2=N[C@@H](C(C)C)CO2)cc1. The lowest BCUT2D eigenvalue weighted by Crippen LogP contribution is -2.26. The van der Waals surface area contributed by atoms with Gasteiger partial charge in [0.15, 0.2) is 6.10 Å². The average Bonchev–Trinajstić information content (AvgIpc) is 3.12. The molecule has 1 aliphatic heterocycles. The van der Waals surface area contributed by atoms with Crippen molar-refractivity contribution in [1.82, 2.24) is 0 Å². The maximum Gasteiger partial charge on any atom is 0.347 e. The second-order valence-corrected chi connectivity index (χ2v) is 6.70. The zero-order chi connectivity index (χ0) is 19.1. The van der Waals surface area contributed by atoms with Crippen molar-refractivity contribution in [3.8, 4) is 0 Å². The van der Waals surface area contributed by atoms with Crippen LogP contribution in [0, 0.1) is 5.92 Å². The van der Waals surface area contributed by atoms with Crippen LogP contribution in [0.25, 0.3) is 0 Å². The maximum atomic E-state index is 12.2. The van der Waals surface area contributed by atoms with Crippen LogP contribution in [-0.4, -0.2) is 43.2 Å². The van der Waals surface area contributed by atoms with E-state index in [4.69, 9.17) is 14.2 Å².